The van der Waals surface area contributed by atoms with E-state index in [9.17, 15) is 4.79 Å². The number of amides is 1. The van der Waals surface area contributed by atoms with Crippen LogP contribution in [0, 0.1) is 6.92 Å². The second kappa shape index (κ2) is 6.13. The Morgan fingerprint density at radius 2 is 2.40 bits per heavy atom. The monoisotopic (exact) mass is 213 g/mol. The molecule has 84 valence electrons. The van der Waals surface area contributed by atoms with Crippen molar-refractivity contribution in [3.63, 3.8) is 0 Å². The van der Waals surface area contributed by atoms with Crippen LogP contribution >= 0.6 is 0 Å². The zero-order chi connectivity index (χ0) is 11.1. The van der Waals surface area contributed by atoms with E-state index in [1.54, 1.807) is 6.92 Å². The van der Waals surface area contributed by atoms with Gasteiger partial charge < -0.3 is 14.9 Å². The molecule has 0 spiro atoms. The van der Waals surface area contributed by atoms with E-state index in [0.29, 0.717) is 37.5 Å². The summed E-state index contributed by atoms with van der Waals surface area (Å²) in [6.07, 6.45) is 1.40. The molecule has 1 aromatic heterocycles. The van der Waals surface area contributed by atoms with Crippen molar-refractivity contribution in [2.75, 3.05) is 13.2 Å². The highest BCUT2D eigenvalue weighted by Crippen LogP contribution is 1.95. The van der Waals surface area contributed by atoms with Gasteiger partial charge in [-0.15, -0.1) is 0 Å². The molecule has 6 nitrogen and oxygen atoms in total. The molecule has 0 aliphatic carbocycles. The third kappa shape index (κ3) is 4.55. The van der Waals surface area contributed by atoms with Crippen molar-refractivity contribution in [1.82, 2.24) is 15.5 Å². The van der Waals surface area contributed by atoms with Crippen molar-refractivity contribution in [1.29, 1.82) is 0 Å². The average molecular weight is 213 g/mol. The summed E-state index contributed by atoms with van der Waals surface area (Å²) in [5, 5.41) is 14.9. The lowest BCUT2D eigenvalue weighted by molar-refractivity contribution is -0.121. The minimum atomic E-state index is -0.0655. The quantitative estimate of drug-likeness (QED) is 0.683. The van der Waals surface area contributed by atoms with E-state index >= 15 is 0 Å². The van der Waals surface area contributed by atoms with Crippen molar-refractivity contribution >= 4 is 5.91 Å². The van der Waals surface area contributed by atoms with Crippen LogP contribution in [0.2, 0.25) is 0 Å². The number of aryl methyl sites for hydroxylation is 1. The maximum absolute atomic E-state index is 11.1. The lowest BCUT2D eigenvalue weighted by Crippen LogP contribution is -2.25. The Hall–Kier alpha value is -1.43. The molecule has 0 unspecified atom stereocenters. The van der Waals surface area contributed by atoms with Gasteiger partial charge in [-0.3, -0.25) is 4.79 Å². The second-order valence-electron chi connectivity index (χ2n) is 3.16. The molecule has 2 N–H and O–H groups in total. The van der Waals surface area contributed by atoms with Crippen LogP contribution in [0.25, 0.3) is 0 Å². The Kier molecular flexibility index (Phi) is 4.76. The van der Waals surface area contributed by atoms with Gasteiger partial charge in [-0.1, -0.05) is 5.16 Å². The summed E-state index contributed by atoms with van der Waals surface area (Å²) < 4.78 is 4.78. The number of nitrogens with zero attached hydrogens (tertiary/aromatic N) is 2. The Labute approximate surface area is 87.7 Å². The van der Waals surface area contributed by atoms with E-state index in [2.05, 4.69) is 15.5 Å². The maximum Gasteiger partial charge on any atom is 0.223 e. The van der Waals surface area contributed by atoms with Crippen LogP contribution < -0.4 is 5.32 Å². The van der Waals surface area contributed by atoms with Crippen LogP contribution in [-0.2, 0) is 11.2 Å². The molecule has 0 saturated heterocycles. The van der Waals surface area contributed by atoms with E-state index in [1.807, 2.05) is 0 Å². The zero-order valence-electron chi connectivity index (χ0n) is 8.69. The molecule has 0 fully saturated rings. The Bertz CT molecular complexity index is 311. The fourth-order valence-corrected chi connectivity index (χ4v) is 1.08. The maximum atomic E-state index is 11.1. The molecule has 0 atom stereocenters. The molecule has 15 heavy (non-hydrogen) atoms. The lowest BCUT2D eigenvalue weighted by Gasteiger charge is -2.01. The van der Waals surface area contributed by atoms with Crippen LogP contribution in [0.15, 0.2) is 4.52 Å². The highest BCUT2D eigenvalue weighted by molar-refractivity contribution is 5.75. The van der Waals surface area contributed by atoms with Gasteiger partial charge in [-0.2, -0.15) is 4.98 Å². The normalized spacial score (nSPS) is 10.3. The summed E-state index contributed by atoms with van der Waals surface area (Å²) in [7, 11) is 0. The third-order valence-corrected chi connectivity index (χ3v) is 1.80. The molecule has 0 aliphatic heterocycles. The molecule has 1 heterocycles. The summed E-state index contributed by atoms with van der Waals surface area (Å²) in [6, 6.07) is 0. The van der Waals surface area contributed by atoms with Gasteiger partial charge >= 0.3 is 0 Å². The van der Waals surface area contributed by atoms with Crippen molar-refractivity contribution < 1.29 is 14.4 Å². The van der Waals surface area contributed by atoms with Crippen molar-refractivity contribution in [2.24, 2.45) is 0 Å². The topological polar surface area (TPSA) is 88.2 Å². The number of aromatic nitrogens is 2. The van der Waals surface area contributed by atoms with Gasteiger partial charge in [0.1, 0.15) is 0 Å². The summed E-state index contributed by atoms with van der Waals surface area (Å²) in [5.41, 5.74) is 0. The van der Waals surface area contributed by atoms with Gasteiger partial charge in [0, 0.05) is 32.9 Å². The fourth-order valence-electron chi connectivity index (χ4n) is 1.08. The number of rotatable bonds is 6. The summed E-state index contributed by atoms with van der Waals surface area (Å²) in [6.45, 7) is 2.25. The summed E-state index contributed by atoms with van der Waals surface area (Å²) in [5.74, 6) is 1.05. The molecule has 0 aliphatic rings. The van der Waals surface area contributed by atoms with E-state index in [1.165, 1.54) is 0 Å². The van der Waals surface area contributed by atoms with E-state index < -0.39 is 0 Å². The molecule has 0 bridgehead atoms. The average Bonchev–Trinajstić information content (AvgIpc) is 2.61. The predicted molar refractivity (Wildman–Crippen MR) is 52.1 cm³/mol. The first-order valence-corrected chi connectivity index (χ1v) is 4.89. The number of aliphatic hydroxyl groups is 1. The Morgan fingerprint density at radius 1 is 1.60 bits per heavy atom. The molecule has 1 amide bonds. The molecule has 1 aromatic rings. The van der Waals surface area contributed by atoms with E-state index in [4.69, 9.17) is 9.63 Å². The van der Waals surface area contributed by atoms with Gasteiger partial charge in [0.2, 0.25) is 11.8 Å². The number of nitrogens with one attached hydrogen (secondary N) is 1. The van der Waals surface area contributed by atoms with Gasteiger partial charge in [-0.25, -0.2) is 0 Å². The first kappa shape index (κ1) is 11.6. The van der Waals surface area contributed by atoms with Crippen LogP contribution in [0.5, 0.6) is 0 Å². The molecule has 0 aromatic carbocycles. The van der Waals surface area contributed by atoms with Gasteiger partial charge in [0.25, 0.3) is 0 Å². The van der Waals surface area contributed by atoms with Crippen LogP contribution in [-0.4, -0.2) is 34.3 Å². The highest BCUT2D eigenvalue weighted by atomic mass is 16.5. The number of hydrogen-bond donors (Lipinski definition) is 2. The largest absolute Gasteiger partial charge is 0.396 e. The van der Waals surface area contributed by atoms with Crippen molar-refractivity contribution in [3.8, 4) is 0 Å². The van der Waals surface area contributed by atoms with Crippen LogP contribution in [0.1, 0.15) is 24.6 Å². The first-order valence-electron chi connectivity index (χ1n) is 4.89. The predicted octanol–water partition coefficient (Wildman–Crippen LogP) is -0.191. The van der Waals surface area contributed by atoms with E-state index in [-0.39, 0.29) is 12.5 Å². The summed E-state index contributed by atoms with van der Waals surface area (Å²) in [4.78, 5) is 15.1. The number of carbonyl (C=O) groups excluding carboxylic acids is 1. The lowest BCUT2D eigenvalue weighted by atomic mass is 10.3. The van der Waals surface area contributed by atoms with Crippen LogP contribution in [0.3, 0.4) is 0 Å². The van der Waals surface area contributed by atoms with Crippen molar-refractivity contribution in [3.05, 3.63) is 11.7 Å². The molecule has 1 rings (SSSR count). The van der Waals surface area contributed by atoms with Gasteiger partial charge in [0.15, 0.2) is 5.82 Å². The number of carbonyl (C=O) groups is 1. The van der Waals surface area contributed by atoms with Crippen LogP contribution in [0.4, 0.5) is 0 Å². The first-order chi connectivity index (χ1) is 7.22. The van der Waals surface area contributed by atoms with E-state index in [0.717, 1.165) is 0 Å². The Morgan fingerprint density at radius 3 is 3.00 bits per heavy atom. The standard InChI is InChI=1S/C9H15N3O3/c1-7-11-8(12-15-7)4-5-10-9(14)3-2-6-13/h13H,2-6H2,1H3,(H,10,14). The molecule has 0 radical (unpaired) electrons. The smallest absolute Gasteiger partial charge is 0.223 e. The van der Waals surface area contributed by atoms with Crippen molar-refractivity contribution in [2.45, 2.75) is 26.2 Å². The minimum Gasteiger partial charge on any atom is -0.396 e. The Balaban J connectivity index is 2.13. The summed E-state index contributed by atoms with van der Waals surface area (Å²) >= 11 is 0. The number of hydrogen-bond acceptors (Lipinski definition) is 5. The second-order valence-corrected chi connectivity index (χ2v) is 3.16. The SMILES string of the molecule is Cc1nc(CCNC(=O)CCCO)no1. The van der Waals surface area contributed by atoms with Gasteiger partial charge in [0.05, 0.1) is 0 Å². The molecular formula is C9H15N3O3. The van der Waals surface area contributed by atoms with Gasteiger partial charge in [-0.05, 0) is 6.42 Å². The molecule has 6 heteroatoms. The fraction of sp³-hybridized carbons (Fsp3) is 0.667. The number of aliphatic hydroxyl groups excluding tert-OH is 1. The molecule has 0 saturated carbocycles. The minimum absolute atomic E-state index is 0.0391. The molecular weight excluding hydrogens is 198 g/mol. The third-order valence-electron chi connectivity index (χ3n) is 1.80. The highest BCUT2D eigenvalue weighted by Gasteiger charge is 2.03. The zero-order valence-corrected chi connectivity index (χ0v) is 8.69.